The molecule has 0 aliphatic heterocycles. The lowest BCUT2D eigenvalue weighted by atomic mass is 9.94. The molecule has 0 aliphatic rings. The molecule has 0 N–H and O–H groups in total. The number of alkyl halides is 3. The molecule has 2 aromatic heterocycles. The van der Waals surface area contributed by atoms with Crippen LogP contribution in [-0.4, -0.2) is 29.5 Å². The zero-order valence-electron chi connectivity index (χ0n) is 16.5. The summed E-state index contributed by atoms with van der Waals surface area (Å²) >= 11 is 1.03. The Balaban J connectivity index is 1.76. The van der Waals surface area contributed by atoms with Crippen LogP contribution in [0.25, 0.3) is 22.3 Å². The van der Waals surface area contributed by atoms with Gasteiger partial charge in [-0.3, -0.25) is 4.98 Å². The first-order valence-electron chi connectivity index (χ1n) is 9.05. The number of aromatic nitrogens is 1. The minimum Gasteiger partial charge on any atom is -0.461 e. The second-order valence-electron chi connectivity index (χ2n) is 7.26. The fourth-order valence-electron chi connectivity index (χ4n) is 2.55. The minimum atomic E-state index is -4.54. The SMILES string of the molecule is C=C(C)C(=O)OCC(C)(CSc1ccc2cc(-c3cccnc3)oc2c1)C(F)(F)F. The molecule has 30 heavy (non-hydrogen) atoms. The van der Waals surface area contributed by atoms with Crippen LogP contribution >= 0.6 is 11.8 Å². The normalized spacial score (nSPS) is 13.8. The van der Waals surface area contributed by atoms with Crippen molar-refractivity contribution >= 4 is 28.7 Å². The van der Waals surface area contributed by atoms with Crippen molar-refractivity contribution in [3.8, 4) is 11.3 Å². The molecule has 3 rings (SSSR count). The molecule has 0 fully saturated rings. The number of nitrogens with zero attached hydrogens (tertiary/aromatic N) is 1. The summed E-state index contributed by atoms with van der Waals surface area (Å²) in [4.78, 5) is 16.2. The number of carbonyl (C=O) groups is 1. The molecule has 0 amide bonds. The molecular weight excluding hydrogens is 415 g/mol. The van der Waals surface area contributed by atoms with Gasteiger partial charge in [0.2, 0.25) is 0 Å². The molecule has 158 valence electrons. The molecular formula is C22H20F3NO3S. The van der Waals surface area contributed by atoms with Crippen LogP contribution in [-0.2, 0) is 9.53 Å². The van der Waals surface area contributed by atoms with Crippen LogP contribution in [0.2, 0.25) is 0 Å². The Morgan fingerprint density at radius 1 is 1.27 bits per heavy atom. The van der Waals surface area contributed by atoms with Gasteiger partial charge >= 0.3 is 12.1 Å². The van der Waals surface area contributed by atoms with E-state index in [1.165, 1.54) is 6.92 Å². The Bertz CT molecular complexity index is 1060. The molecule has 2 heterocycles. The Morgan fingerprint density at radius 3 is 2.67 bits per heavy atom. The maximum Gasteiger partial charge on any atom is 0.398 e. The van der Waals surface area contributed by atoms with Crippen LogP contribution in [0.15, 0.2) is 70.3 Å². The van der Waals surface area contributed by atoms with Gasteiger partial charge in [-0.1, -0.05) is 6.58 Å². The van der Waals surface area contributed by atoms with E-state index in [0.29, 0.717) is 16.2 Å². The molecule has 0 bridgehead atoms. The number of thioether (sulfide) groups is 1. The van der Waals surface area contributed by atoms with E-state index in [0.717, 1.165) is 29.6 Å². The smallest absolute Gasteiger partial charge is 0.398 e. The summed E-state index contributed by atoms with van der Waals surface area (Å²) in [5, 5.41) is 0.840. The summed E-state index contributed by atoms with van der Waals surface area (Å²) in [6.45, 7) is 5.04. The van der Waals surface area contributed by atoms with Gasteiger partial charge in [0.25, 0.3) is 0 Å². The summed E-state index contributed by atoms with van der Waals surface area (Å²) in [5.74, 6) is -0.524. The number of rotatable bonds is 7. The van der Waals surface area contributed by atoms with Crippen molar-refractivity contribution in [1.82, 2.24) is 4.98 Å². The van der Waals surface area contributed by atoms with E-state index in [2.05, 4.69) is 11.6 Å². The van der Waals surface area contributed by atoms with Crippen molar-refractivity contribution in [2.75, 3.05) is 12.4 Å². The summed E-state index contributed by atoms with van der Waals surface area (Å²) in [6.07, 6.45) is -1.21. The van der Waals surface area contributed by atoms with E-state index in [-0.39, 0.29) is 11.3 Å². The lowest BCUT2D eigenvalue weighted by Gasteiger charge is -2.31. The topological polar surface area (TPSA) is 52.3 Å². The van der Waals surface area contributed by atoms with Crippen LogP contribution in [0.1, 0.15) is 13.8 Å². The molecule has 8 heteroatoms. The number of hydrogen-bond donors (Lipinski definition) is 0. The predicted molar refractivity (Wildman–Crippen MR) is 110 cm³/mol. The van der Waals surface area contributed by atoms with E-state index in [4.69, 9.17) is 9.15 Å². The van der Waals surface area contributed by atoms with Gasteiger partial charge in [-0.2, -0.15) is 13.2 Å². The highest BCUT2D eigenvalue weighted by Crippen LogP contribution is 2.43. The first kappa shape index (κ1) is 22.0. The second-order valence-corrected chi connectivity index (χ2v) is 8.30. The van der Waals surface area contributed by atoms with Gasteiger partial charge in [0.05, 0.1) is 0 Å². The van der Waals surface area contributed by atoms with Crippen molar-refractivity contribution < 1.29 is 27.1 Å². The lowest BCUT2D eigenvalue weighted by Crippen LogP contribution is -2.42. The maximum atomic E-state index is 13.7. The van der Waals surface area contributed by atoms with Crippen LogP contribution < -0.4 is 0 Å². The van der Waals surface area contributed by atoms with Crippen LogP contribution in [0.3, 0.4) is 0 Å². The largest absolute Gasteiger partial charge is 0.461 e. The molecule has 1 unspecified atom stereocenters. The Morgan fingerprint density at radius 2 is 2.03 bits per heavy atom. The molecule has 0 saturated heterocycles. The van der Waals surface area contributed by atoms with Gasteiger partial charge in [-0.25, -0.2) is 4.79 Å². The number of fused-ring (bicyclic) bond motifs is 1. The molecule has 0 saturated carbocycles. The molecule has 4 nitrogen and oxygen atoms in total. The fraction of sp³-hybridized carbons (Fsp3) is 0.273. The first-order valence-corrected chi connectivity index (χ1v) is 10.0. The maximum absolute atomic E-state index is 13.7. The average molecular weight is 435 g/mol. The van der Waals surface area contributed by atoms with Crippen molar-refractivity contribution in [3.63, 3.8) is 0 Å². The number of esters is 1. The number of furan rings is 1. The summed E-state index contributed by atoms with van der Waals surface area (Å²) in [5.41, 5.74) is -0.769. The highest BCUT2D eigenvalue weighted by atomic mass is 32.2. The number of halogens is 3. The van der Waals surface area contributed by atoms with Crippen molar-refractivity contribution in [2.45, 2.75) is 24.9 Å². The average Bonchev–Trinajstić information content (AvgIpc) is 3.13. The Hall–Kier alpha value is -2.74. The van der Waals surface area contributed by atoms with Gasteiger partial charge in [-0.15, -0.1) is 11.8 Å². The number of ether oxygens (including phenoxy) is 1. The van der Waals surface area contributed by atoms with Crippen LogP contribution in [0, 0.1) is 5.41 Å². The van der Waals surface area contributed by atoms with E-state index in [1.807, 2.05) is 12.1 Å². The van der Waals surface area contributed by atoms with Gasteiger partial charge in [0.15, 0.2) is 0 Å². The van der Waals surface area contributed by atoms with Crippen molar-refractivity contribution in [3.05, 3.63) is 60.9 Å². The number of pyridine rings is 1. The Labute approximate surface area is 176 Å². The van der Waals surface area contributed by atoms with Gasteiger partial charge in [0.1, 0.15) is 23.4 Å². The predicted octanol–water partition coefficient (Wildman–Crippen LogP) is 6.27. The molecule has 0 aliphatic carbocycles. The monoisotopic (exact) mass is 435 g/mol. The minimum absolute atomic E-state index is 0.0554. The summed E-state index contributed by atoms with van der Waals surface area (Å²) in [6, 6.07) is 10.8. The van der Waals surface area contributed by atoms with Crippen LogP contribution in [0.5, 0.6) is 0 Å². The molecule has 3 aromatic rings. The van der Waals surface area contributed by atoms with E-state index in [1.54, 1.807) is 36.7 Å². The standard InChI is InChI=1S/C22H20F3NO3S/c1-14(2)20(27)28-12-21(3,22(23,24)25)13-30-17-7-6-15-9-18(29-19(15)10-17)16-5-4-8-26-11-16/h4-11H,1,12-13H2,2-3H3. The summed E-state index contributed by atoms with van der Waals surface area (Å²) in [7, 11) is 0. The van der Waals surface area contributed by atoms with E-state index >= 15 is 0 Å². The van der Waals surface area contributed by atoms with E-state index < -0.39 is 24.2 Å². The first-order chi connectivity index (χ1) is 14.1. The zero-order chi connectivity index (χ0) is 21.9. The zero-order valence-corrected chi connectivity index (χ0v) is 17.3. The highest BCUT2D eigenvalue weighted by Gasteiger charge is 2.52. The van der Waals surface area contributed by atoms with Crippen molar-refractivity contribution in [1.29, 1.82) is 0 Å². The third-order valence-electron chi connectivity index (χ3n) is 4.55. The highest BCUT2D eigenvalue weighted by molar-refractivity contribution is 7.99. The fourth-order valence-corrected chi connectivity index (χ4v) is 3.63. The molecule has 0 radical (unpaired) electrons. The Kier molecular flexibility index (Phi) is 6.26. The summed E-state index contributed by atoms with van der Waals surface area (Å²) < 4.78 is 51.6. The van der Waals surface area contributed by atoms with Gasteiger partial charge < -0.3 is 9.15 Å². The second kappa shape index (κ2) is 8.55. The molecule has 0 spiro atoms. The van der Waals surface area contributed by atoms with E-state index in [9.17, 15) is 18.0 Å². The quantitative estimate of drug-likeness (QED) is 0.249. The number of carbonyl (C=O) groups excluding carboxylic acids is 1. The van der Waals surface area contributed by atoms with Crippen molar-refractivity contribution in [2.24, 2.45) is 5.41 Å². The molecule has 1 atom stereocenters. The lowest BCUT2D eigenvalue weighted by molar-refractivity contribution is -0.223. The third kappa shape index (κ3) is 4.87. The number of benzene rings is 1. The van der Waals surface area contributed by atoms with Gasteiger partial charge in [-0.05, 0) is 50.2 Å². The molecule has 1 aromatic carbocycles. The van der Waals surface area contributed by atoms with Gasteiger partial charge in [0, 0.05) is 39.6 Å². The van der Waals surface area contributed by atoms with Crippen LogP contribution in [0.4, 0.5) is 13.2 Å². The number of hydrogen-bond acceptors (Lipinski definition) is 5. The third-order valence-corrected chi connectivity index (χ3v) is 5.92.